The molecule has 0 N–H and O–H groups in total. The Kier molecular flexibility index (Phi) is 4.96. The van der Waals surface area contributed by atoms with Gasteiger partial charge in [-0.3, -0.25) is 14.2 Å². The maximum atomic E-state index is 12.1. The van der Waals surface area contributed by atoms with Crippen LogP contribution in [0.1, 0.15) is 20.8 Å². The van der Waals surface area contributed by atoms with Gasteiger partial charge in [-0.05, 0) is 32.9 Å². The Labute approximate surface area is 139 Å². The Bertz CT molecular complexity index is 834. The predicted molar refractivity (Wildman–Crippen MR) is 91.2 cm³/mol. The van der Waals surface area contributed by atoms with Gasteiger partial charge in [-0.1, -0.05) is 0 Å². The molecule has 0 radical (unpaired) electrons. The molecule has 0 unspecified atom stereocenters. The van der Waals surface area contributed by atoms with Gasteiger partial charge in [0.15, 0.2) is 12.4 Å². The average molecular weight is 331 g/mol. The molecule has 128 valence electrons. The first-order valence-corrected chi connectivity index (χ1v) is 7.43. The van der Waals surface area contributed by atoms with E-state index >= 15 is 0 Å². The molecule has 0 aliphatic carbocycles. The molecule has 2 aromatic rings. The van der Waals surface area contributed by atoms with E-state index in [-0.39, 0.29) is 18.6 Å². The number of rotatable bonds is 4. The molecule has 2 aromatic heterocycles. The van der Waals surface area contributed by atoms with Crippen LogP contribution in [-0.2, 0) is 16.3 Å². The van der Waals surface area contributed by atoms with Gasteiger partial charge in [0.2, 0.25) is 5.95 Å². The molecular formula is C16H21N5O3. The van der Waals surface area contributed by atoms with E-state index in [2.05, 4.69) is 15.0 Å². The highest BCUT2D eigenvalue weighted by atomic mass is 16.5. The third kappa shape index (κ3) is 3.95. The van der Waals surface area contributed by atoms with Crippen molar-refractivity contribution in [3.05, 3.63) is 28.7 Å². The first-order chi connectivity index (χ1) is 11.2. The van der Waals surface area contributed by atoms with Crippen LogP contribution in [0.25, 0.3) is 11.0 Å². The van der Waals surface area contributed by atoms with Crippen molar-refractivity contribution in [1.82, 2.24) is 19.4 Å². The Balaban J connectivity index is 2.51. The van der Waals surface area contributed by atoms with E-state index in [1.54, 1.807) is 58.1 Å². The van der Waals surface area contributed by atoms with Crippen molar-refractivity contribution in [3.63, 3.8) is 0 Å². The van der Waals surface area contributed by atoms with Crippen LogP contribution in [-0.4, -0.2) is 45.8 Å². The smallest absolute Gasteiger partial charge is 0.312 e. The SMILES string of the molecule is CN(C)C=Nc1nc(=O)c2cccnc2n1COC(=O)C(C)(C)C. The molecule has 0 atom stereocenters. The van der Waals surface area contributed by atoms with Crippen LogP contribution in [0.5, 0.6) is 0 Å². The van der Waals surface area contributed by atoms with Gasteiger partial charge in [-0.25, -0.2) is 9.98 Å². The number of fused-ring (bicyclic) bond motifs is 1. The summed E-state index contributed by atoms with van der Waals surface area (Å²) in [6, 6.07) is 3.28. The first kappa shape index (κ1) is 17.6. The van der Waals surface area contributed by atoms with Gasteiger partial charge >= 0.3 is 5.97 Å². The van der Waals surface area contributed by atoms with E-state index in [9.17, 15) is 9.59 Å². The molecule has 0 saturated carbocycles. The van der Waals surface area contributed by atoms with E-state index in [0.29, 0.717) is 11.0 Å². The largest absolute Gasteiger partial charge is 0.443 e. The summed E-state index contributed by atoms with van der Waals surface area (Å²) in [5.41, 5.74) is -0.699. The lowest BCUT2D eigenvalue weighted by Crippen LogP contribution is -2.25. The summed E-state index contributed by atoms with van der Waals surface area (Å²) in [6.07, 6.45) is 3.07. The van der Waals surface area contributed by atoms with E-state index in [0.717, 1.165) is 0 Å². The second kappa shape index (κ2) is 6.77. The van der Waals surface area contributed by atoms with E-state index in [1.807, 2.05) is 0 Å². The summed E-state index contributed by atoms with van der Waals surface area (Å²) in [6.45, 7) is 5.17. The summed E-state index contributed by atoms with van der Waals surface area (Å²) >= 11 is 0. The van der Waals surface area contributed by atoms with E-state index in [1.165, 1.54) is 10.9 Å². The zero-order valence-corrected chi connectivity index (χ0v) is 14.5. The van der Waals surface area contributed by atoms with E-state index in [4.69, 9.17) is 4.74 Å². The van der Waals surface area contributed by atoms with Crippen molar-refractivity contribution in [2.24, 2.45) is 10.4 Å². The van der Waals surface area contributed by atoms with Crippen LogP contribution in [0.15, 0.2) is 28.1 Å². The zero-order valence-electron chi connectivity index (χ0n) is 14.5. The van der Waals surface area contributed by atoms with Gasteiger partial charge in [0.05, 0.1) is 17.1 Å². The van der Waals surface area contributed by atoms with Crippen molar-refractivity contribution in [1.29, 1.82) is 0 Å². The fourth-order valence-corrected chi connectivity index (χ4v) is 1.81. The van der Waals surface area contributed by atoms with Crippen LogP contribution < -0.4 is 5.56 Å². The monoisotopic (exact) mass is 331 g/mol. The second-order valence-corrected chi connectivity index (χ2v) is 6.54. The quantitative estimate of drug-likeness (QED) is 0.480. The van der Waals surface area contributed by atoms with Gasteiger partial charge < -0.3 is 9.64 Å². The van der Waals surface area contributed by atoms with Gasteiger partial charge in [0.25, 0.3) is 5.56 Å². The molecule has 24 heavy (non-hydrogen) atoms. The van der Waals surface area contributed by atoms with Crippen molar-refractivity contribution in [2.75, 3.05) is 14.1 Å². The Morgan fingerprint density at radius 1 is 1.42 bits per heavy atom. The third-order valence-electron chi connectivity index (χ3n) is 3.06. The highest BCUT2D eigenvalue weighted by Gasteiger charge is 2.23. The molecule has 0 aliphatic rings. The van der Waals surface area contributed by atoms with Crippen LogP contribution >= 0.6 is 0 Å². The topological polar surface area (TPSA) is 89.7 Å². The molecule has 8 heteroatoms. The average Bonchev–Trinajstić information content (AvgIpc) is 2.51. The fraction of sp³-hybridized carbons (Fsp3) is 0.438. The summed E-state index contributed by atoms with van der Waals surface area (Å²) in [4.78, 5) is 38.2. The maximum Gasteiger partial charge on any atom is 0.312 e. The molecular weight excluding hydrogens is 310 g/mol. The molecule has 0 bridgehead atoms. The molecule has 0 saturated heterocycles. The lowest BCUT2D eigenvalue weighted by Gasteiger charge is -2.18. The first-order valence-electron chi connectivity index (χ1n) is 7.43. The summed E-state index contributed by atoms with van der Waals surface area (Å²) in [5, 5.41) is 0.341. The maximum absolute atomic E-state index is 12.1. The van der Waals surface area contributed by atoms with Gasteiger partial charge in [0.1, 0.15) is 0 Å². The van der Waals surface area contributed by atoms with Crippen molar-refractivity contribution in [2.45, 2.75) is 27.5 Å². The van der Waals surface area contributed by atoms with Crippen LogP contribution in [0.4, 0.5) is 5.95 Å². The van der Waals surface area contributed by atoms with Gasteiger partial charge in [-0.2, -0.15) is 4.98 Å². The molecule has 0 fully saturated rings. The Morgan fingerprint density at radius 2 is 2.12 bits per heavy atom. The molecule has 8 nitrogen and oxygen atoms in total. The number of pyridine rings is 1. The summed E-state index contributed by atoms with van der Waals surface area (Å²) < 4.78 is 6.84. The molecule has 2 rings (SSSR count). The van der Waals surface area contributed by atoms with Crippen molar-refractivity contribution >= 4 is 29.3 Å². The highest BCUT2D eigenvalue weighted by molar-refractivity contribution is 5.77. The lowest BCUT2D eigenvalue weighted by molar-refractivity contribution is -0.156. The molecule has 2 heterocycles. The fourth-order valence-electron chi connectivity index (χ4n) is 1.81. The number of hydrogen-bond acceptors (Lipinski definition) is 6. The number of ether oxygens (including phenoxy) is 1. The molecule has 0 aromatic carbocycles. The van der Waals surface area contributed by atoms with Crippen LogP contribution in [0.2, 0.25) is 0 Å². The predicted octanol–water partition coefficient (Wildman–Crippen LogP) is 1.56. The standard InChI is InChI=1S/C16H21N5O3/c1-16(2,3)14(23)24-10-21-12-11(7-6-8-17-12)13(22)19-15(21)18-9-20(4)5/h6-9H,10H2,1-5H3. The number of aliphatic imine (C=N–C) groups is 1. The minimum Gasteiger partial charge on any atom is -0.443 e. The highest BCUT2D eigenvalue weighted by Crippen LogP contribution is 2.18. The van der Waals surface area contributed by atoms with Gasteiger partial charge in [0, 0.05) is 20.3 Å². The molecule has 0 spiro atoms. The molecule has 0 aliphatic heterocycles. The third-order valence-corrected chi connectivity index (χ3v) is 3.06. The van der Waals surface area contributed by atoms with Crippen molar-refractivity contribution in [3.8, 4) is 0 Å². The number of hydrogen-bond donors (Lipinski definition) is 0. The number of carbonyl (C=O) groups excluding carboxylic acids is 1. The van der Waals surface area contributed by atoms with Crippen molar-refractivity contribution < 1.29 is 9.53 Å². The number of carbonyl (C=O) groups is 1. The lowest BCUT2D eigenvalue weighted by atomic mass is 9.98. The summed E-state index contributed by atoms with van der Waals surface area (Å²) in [7, 11) is 3.59. The van der Waals surface area contributed by atoms with Crippen LogP contribution in [0.3, 0.4) is 0 Å². The number of nitrogens with zero attached hydrogens (tertiary/aromatic N) is 5. The van der Waals surface area contributed by atoms with Crippen LogP contribution in [0, 0.1) is 5.41 Å². The second-order valence-electron chi connectivity index (χ2n) is 6.54. The zero-order chi connectivity index (χ0) is 17.9. The Hall–Kier alpha value is -2.77. The van der Waals surface area contributed by atoms with Gasteiger partial charge in [-0.15, -0.1) is 0 Å². The Morgan fingerprint density at radius 3 is 2.75 bits per heavy atom. The van der Waals surface area contributed by atoms with E-state index < -0.39 is 11.0 Å². The minimum absolute atomic E-state index is 0.126. The summed E-state index contributed by atoms with van der Waals surface area (Å²) in [5.74, 6) is -0.241. The minimum atomic E-state index is -0.636. The number of esters is 1. The normalized spacial score (nSPS) is 11.9. The molecule has 0 amide bonds. The number of aromatic nitrogens is 3.